The van der Waals surface area contributed by atoms with Crippen LogP contribution in [0.2, 0.25) is 5.02 Å². The summed E-state index contributed by atoms with van der Waals surface area (Å²) in [4.78, 5) is 10.8. The third-order valence-corrected chi connectivity index (χ3v) is 1.78. The fraction of sp³-hybridized carbons (Fsp3) is 0.100. The van der Waals surface area contributed by atoms with Crippen LogP contribution in [-0.4, -0.2) is 18.2 Å². The van der Waals surface area contributed by atoms with Gasteiger partial charge in [-0.25, -0.2) is 4.79 Å². The Bertz CT molecular complexity index is 371. The molecule has 0 radical (unpaired) electrons. The van der Waals surface area contributed by atoms with Gasteiger partial charge in [0.15, 0.2) is 0 Å². The molecule has 0 spiro atoms. The lowest BCUT2D eigenvalue weighted by Gasteiger charge is -1.98. The molecule has 0 heterocycles. The maximum Gasteiger partial charge on any atom is 0.373 e. The molecule has 74 valence electrons. The first-order valence-corrected chi connectivity index (χ1v) is 4.26. The molecule has 0 aliphatic rings. The molecule has 0 aromatic heterocycles. The van der Waals surface area contributed by atoms with Crippen LogP contribution in [0.3, 0.4) is 0 Å². The Morgan fingerprint density at radius 1 is 1.57 bits per heavy atom. The molecule has 0 fully saturated rings. The minimum absolute atomic E-state index is 0.449. The van der Waals surface area contributed by atoms with Crippen molar-refractivity contribution in [3.63, 3.8) is 0 Å². The molecule has 1 aromatic carbocycles. The topological polar surface area (TPSA) is 46.5 Å². The molecule has 0 saturated heterocycles. The second kappa shape index (κ2) is 4.67. The summed E-state index contributed by atoms with van der Waals surface area (Å²) in [6.07, 6.45) is 1.29. The first-order chi connectivity index (χ1) is 6.63. The molecule has 1 N–H and O–H groups in total. The van der Waals surface area contributed by atoms with Crippen LogP contribution in [0.25, 0.3) is 6.08 Å². The van der Waals surface area contributed by atoms with Gasteiger partial charge in [0.05, 0.1) is 7.11 Å². The maximum absolute atomic E-state index is 10.8. The van der Waals surface area contributed by atoms with Crippen molar-refractivity contribution in [1.29, 1.82) is 0 Å². The first kappa shape index (κ1) is 10.6. The van der Waals surface area contributed by atoms with E-state index in [0.29, 0.717) is 10.6 Å². The lowest BCUT2D eigenvalue weighted by atomic mass is 10.2. The summed E-state index contributed by atoms with van der Waals surface area (Å²) in [5.41, 5.74) is 0.639. The van der Waals surface area contributed by atoms with E-state index in [4.69, 9.17) is 11.6 Å². The Hall–Kier alpha value is -1.48. The van der Waals surface area contributed by atoms with E-state index >= 15 is 0 Å². The molecule has 0 aliphatic carbocycles. The number of rotatable bonds is 2. The van der Waals surface area contributed by atoms with Crippen LogP contribution in [0.5, 0.6) is 0 Å². The van der Waals surface area contributed by atoms with E-state index in [2.05, 4.69) is 4.74 Å². The minimum atomic E-state index is -0.773. The fourth-order valence-corrected chi connectivity index (χ4v) is 1.12. The summed E-state index contributed by atoms with van der Waals surface area (Å²) >= 11 is 5.71. The van der Waals surface area contributed by atoms with Gasteiger partial charge in [-0.2, -0.15) is 0 Å². The van der Waals surface area contributed by atoms with E-state index in [1.54, 1.807) is 24.3 Å². The van der Waals surface area contributed by atoms with Crippen LogP contribution >= 0.6 is 11.6 Å². The number of halogens is 1. The zero-order valence-electron chi connectivity index (χ0n) is 7.53. The summed E-state index contributed by atoms with van der Waals surface area (Å²) in [7, 11) is 1.20. The maximum atomic E-state index is 10.8. The molecule has 4 heteroatoms. The van der Waals surface area contributed by atoms with Crippen LogP contribution in [0.4, 0.5) is 0 Å². The predicted octanol–water partition coefficient (Wildman–Crippen LogP) is 2.41. The summed E-state index contributed by atoms with van der Waals surface area (Å²) in [5.74, 6) is -1.22. The number of esters is 1. The number of hydrogen-bond acceptors (Lipinski definition) is 3. The first-order valence-electron chi connectivity index (χ1n) is 3.88. The van der Waals surface area contributed by atoms with Gasteiger partial charge in [0.2, 0.25) is 5.76 Å². The highest BCUT2D eigenvalue weighted by Crippen LogP contribution is 2.13. The third kappa shape index (κ3) is 2.78. The number of ether oxygens (including phenoxy) is 1. The van der Waals surface area contributed by atoms with Gasteiger partial charge >= 0.3 is 5.97 Å². The van der Waals surface area contributed by atoms with E-state index < -0.39 is 11.7 Å². The number of aliphatic hydroxyl groups excluding tert-OH is 1. The number of carbonyl (C=O) groups excluding carboxylic acids is 1. The number of benzene rings is 1. The van der Waals surface area contributed by atoms with E-state index in [0.717, 1.165) is 0 Å². The summed E-state index contributed by atoms with van der Waals surface area (Å²) in [6, 6.07) is 6.76. The van der Waals surface area contributed by atoms with E-state index in [-0.39, 0.29) is 0 Å². The van der Waals surface area contributed by atoms with Crippen LogP contribution in [0.15, 0.2) is 30.0 Å². The zero-order valence-corrected chi connectivity index (χ0v) is 8.28. The van der Waals surface area contributed by atoms with Crippen molar-refractivity contribution in [2.45, 2.75) is 0 Å². The third-order valence-electron chi connectivity index (χ3n) is 1.55. The van der Waals surface area contributed by atoms with Crippen molar-refractivity contribution in [3.05, 3.63) is 40.6 Å². The van der Waals surface area contributed by atoms with Crippen molar-refractivity contribution < 1.29 is 14.6 Å². The van der Waals surface area contributed by atoms with E-state index in [1.165, 1.54) is 13.2 Å². The molecule has 0 unspecified atom stereocenters. The Kier molecular flexibility index (Phi) is 3.54. The van der Waals surface area contributed by atoms with Crippen molar-refractivity contribution >= 4 is 23.6 Å². The standard InChI is InChI=1S/C10H9ClO3/c1-14-10(13)9(12)6-7-3-2-4-8(11)5-7/h2-6,12H,1H3/b9-6-. The van der Waals surface area contributed by atoms with Gasteiger partial charge in [-0.1, -0.05) is 23.7 Å². The quantitative estimate of drug-likeness (QED) is 0.465. The van der Waals surface area contributed by atoms with Crippen molar-refractivity contribution in [2.75, 3.05) is 7.11 Å². The summed E-state index contributed by atoms with van der Waals surface area (Å²) in [6.45, 7) is 0. The Labute approximate surface area is 86.6 Å². The average Bonchev–Trinajstić information content (AvgIpc) is 2.16. The van der Waals surface area contributed by atoms with Gasteiger partial charge in [0, 0.05) is 5.02 Å². The van der Waals surface area contributed by atoms with Crippen LogP contribution in [0.1, 0.15) is 5.56 Å². The van der Waals surface area contributed by atoms with E-state index in [9.17, 15) is 9.90 Å². The number of hydrogen-bond donors (Lipinski definition) is 1. The fourth-order valence-electron chi connectivity index (χ4n) is 0.918. The largest absolute Gasteiger partial charge is 0.502 e. The minimum Gasteiger partial charge on any atom is -0.502 e. The Morgan fingerprint density at radius 3 is 2.86 bits per heavy atom. The highest BCUT2D eigenvalue weighted by Gasteiger charge is 2.06. The van der Waals surface area contributed by atoms with Gasteiger partial charge in [0.1, 0.15) is 0 Å². The van der Waals surface area contributed by atoms with Crippen molar-refractivity contribution in [3.8, 4) is 0 Å². The normalized spacial score (nSPS) is 11.1. The van der Waals surface area contributed by atoms with E-state index in [1.807, 2.05) is 0 Å². The molecule has 14 heavy (non-hydrogen) atoms. The highest BCUT2D eigenvalue weighted by atomic mass is 35.5. The molecular formula is C10H9ClO3. The molecule has 0 aliphatic heterocycles. The van der Waals surface area contributed by atoms with Crippen molar-refractivity contribution in [1.82, 2.24) is 0 Å². The Balaban J connectivity index is 2.91. The lowest BCUT2D eigenvalue weighted by Crippen LogP contribution is -2.03. The van der Waals surface area contributed by atoms with Gasteiger partial charge in [-0.05, 0) is 23.8 Å². The smallest absolute Gasteiger partial charge is 0.373 e. The zero-order chi connectivity index (χ0) is 10.6. The monoisotopic (exact) mass is 212 g/mol. The molecule has 0 bridgehead atoms. The average molecular weight is 213 g/mol. The van der Waals surface area contributed by atoms with Crippen LogP contribution in [0, 0.1) is 0 Å². The van der Waals surface area contributed by atoms with Gasteiger partial charge in [-0.15, -0.1) is 0 Å². The highest BCUT2D eigenvalue weighted by molar-refractivity contribution is 6.30. The molecule has 1 aromatic rings. The van der Waals surface area contributed by atoms with Crippen LogP contribution in [-0.2, 0) is 9.53 Å². The second-order valence-corrected chi connectivity index (χ2v) is 3.01. The molecule has 3 nitrogen and oxygen atoms in total. The summed E-state index contributed by atoms with van der Waals surface area (Å²) < 4.78 is 4.32. The lowest BCUT2D eigenvalue weighted by molar-refractivity contribution is -0.138. The van der Waals surface area contributed by atoms with Gasteiger partial charge in [0.25, 0.3) is 0 Å². The SMILES string of the molecule is COC(=O)/C(O)=C/c1cccc(Cl)c1. The molecule has 0 atom stereocenters. The molecule has 0 saturated carbocycles. The number of methoxy groups -OCH3 is 1. The summed E-state index contributed by atoms with van der Waals surface area (Å²) in [5, 5.41) is 9.74. The second-order valence-electron chi connectivity index (χ2n) is 2.58. The molecular weight excluding hydrogens is 204 g/mol. The predicted molar refractivity (Wildman–Crippen MR) is 54.1 cm³/mol. The van der Waals surface area contributed by atoms with Gasteiger partial charge < -0.3 is 9.84 Å². The molecule has 0 amide bonds. The Morgan fingerprint density at radius 2 is 2.29 bits per heavy atom. The number of carbonyl (C=O) groups is 1. The number of aliphatic hydroxyl groups is 1. The van der Waals surface area contributed by atoms with Crippen LogP contribution < -0.4 is 0 Å². The van der Waals surface area contributed by atoms with Gasteiger partial charge in [-0.3, -0.25) is 0 Å². The molecule has 1 rings (SSSR count). The van der Waals surface area contributed by atoms with Crippen molar-refractivity contribution in [2.24, 2.45) is 0 Å².